The average Bonchev–Trinajstić information content (AvgIpc) is 2.77. The molecular weight excluding hydrogens is 326 g/mol. The summed E-state index contributed by atoms with van der Waals surface area (Å²) < 4.78 is 0. The number of fused-ring (bicyclic) bond motifs is 2. The van der Waals surface area contributed by atoms with Crippen molar-refractivity contribution in [1.82, 2.24) is 4.98 Å². The Labute approximate surface area is 151 Å². The fraction of sp³-hybridized carbons (Fsp3) is 0.238. The van der Waals surface area contributed by atoms with Gasteiger partial charge < -0.3 is 14.8 Å². The molecule has 1 aliphatic rings. The molecule has 5 heteroatoms. The molecule has 0 aliphatic carbocycles. The second-order valence-electron chi connectivity index (χ2n) is 6.98. The Bertz CT molecular complexity index is 1040. The Morgan fingerprint density at radius 1 is 1.04 bits per heavy atom. The Hall–Kier alpha value is -3.08. The van der Waals surface area contributed by atoms with Crippen LogP contribution in [0.5, 0.6) is 0 Å². The van der Waals surface area contributed by atoms with Gasteiger partial charge in [-0.25, -0.2) is 0 Å². The van der Waals surface area contributed by atoms with Crippen LogP contribution < -0.4 is 15.2 Å². The molecular formula is C21H21N3O2. The first kappa shape index (κ1) is 16.4. The van der Waals surface area contributed by atoms with Crippen molar-refractivity contribution in [3.63, 3.8) is 0 Å². The summed E-state index contributed by atoms with van der Waals surface area (Å²) in [7, 11) is 2.04. The highest BCUT2D eigenvalue weighted by Crippen LogP contribution is 2.33. The number of hydrogen-bond acceptors (Lipinski definition) is 3. The summed E-state index contributed by atoms with van der Waals surface area (Å²) in [5.74, 6) is 0.131. The smallest absolute Gasteiger partial charge is 0.274 e. The molecule has 1 amide bonds. The summed E-state index contributed by atoms with van der Waals surface area (Å²) in [5, 5.41) is 0.591. The summed E-state index contributed by atoms with van der Waals surface area (Å²) in [6, 6.07) is 16.6. The molecule has 2 heterocycles. The van der Waals surface area contributed by atoms with Crippen LogP contribution in [0.25, 0.3) is 10.9 Å². The molecule has 1 unspecified atom stereocenters. The summed E-state index contributed by atoms with van der Waals surface area (Å²) in [5.41, 5.74) is 2.75. The molecule has 0 spiro atoms. The lowest BCUT2D eigenvalue weighted by atomic mass is 10.1. The first-order valence-electron chi connectivity index (χ1n) is 8.78. The van der Waals surface area contributed by atoms with Crippen LogP contribution in [-0.4, -0.2) is 31.0 Å². The van der Waals surface area contributed by atoms with Crippen LogP contribution in [-0.2, 0) is 0 Å². The van der Waals surface area contributed by atoms with Gasteiger partial charge in [-0.1, -0.05) is 31.2 Å². The number of benzene rings is 2. The molecule has 0 fully saturated rings. The lowest BCUT2D eigenvalue weighted by molar-refractivity contribution is 0.0980. The highest BCUT2D eigenvalue weighted by atomic mass is 16.2. The van der Waals surface area contributed by atoms with Gasteiger partial charge >= 0.3 is 0 Å². The van der Waals surface area contributed by atoms with Crippen molar-refractivity contribution in [2.24, 2.45) is 5.92 Å². The molecule has 0 radical (unpaired) electrons. The minimum atomic E-state index is -0.178. The molecule has 3 aromatic rings. The number of nitrogens with zero attached hydrogens (tertiary/aromatic N) is 2. The van der Waals surface area contributed by atoms with Gasteiger partial charge in [0.05, 0.1) is 11.4 Å². The number of hydrogen-bond donors (Lipinski definition) is 1. The number of amides is 1. The first-order valence-corrected chi connectivity index (χ1v) is 8.78. The Balaban J connectivity index is 1.82. The number of rotatable bonds is 1. The molecule has 4 rings (SSSR count). The number of H-pyrrole nitrogens is 1. The van der Waals surface area contributed by atoms with Crippen molar-refractivity contribution in [2.45, 2.75) is 6.92 Å². The number of aromatic amines is 1. The number of para-hydroxylation sites is 3. The summed E-state index contributed by atoms with van der Waals surface area (Å²) in [6.45, 7) is 3.61. The minimum absolute atomic E-state index is 0.143. The van der Waals surface area contributed by atoms with E-state index in [-0.39, 0.29) is 11.3 Å². The number of carbonyl (C=O) groups excluding carboxylic acids is 1. The lowest BCUT2D eigenvalue weighted by Gasteiger charge is -2.24. The molecule has 0 bridgehead atoms. The van der Waals surface area contributed by atoms with Crippen molar-refractivity contribution in [3.05, 3.63) is 70.5 Å². The van der Waals surface area contributed by atoms with Crippen LogP contribution in [0.4, 0.5) is 11.4 Å². The number of anilines is 2. The molecule has 5 nitrogen and oxygen atoms in total. The average molecular weight is 347 g/mol. The van der Waals surface area contributed by atoms with Gasteiger partial charge in [-0.2, -0.15) is 0 Å². The minimum Gasteiger partial charge on any atom is -0.373 e. The van der Waals surface area contributed by atoms with Crippen molar-refractivity contribution in [3.8, 4) is 0 Å². The van der Waals surface area contributed by atoms with Crippen molar-refractivity contribution >= 4 is 28.2 Å². The third kappa shape index (κ3) is 2.75. The largest absolute Gasteiger partial charge is 0.373 e. The third-order valence-electron chi connectivity index (χ3n) is 4.88. The van der Waals surface area contributed by atoms with Gasteiger partial charge in [0.25, 0.3) is 5.91 Å². The maximum atomic E-state index is 13.3. The summed E-state index contributed by atoms with van der Waals surface area (Å²) in [6.07, 6.45) is 0. The summed E-state index contributed by atoms with van der Waals surface area (Å²) in [4.78, 5) is 32.8. The fourth-order valence-electron chi connectivity index (χ4n) is 3.70. The van der Waals surface area contributed by atoms with E-state index in [9.17, 15) is 9.59 Å². The maximum Gasteiger partial charge on any atom is 0.274 e. The number of nitrogens with one attached hydrogen (secondary N) is 1. The number of aromatic nitrogens is 1. The van der Waals surface area contributed by atoms with Crippen LogP contribution in [0.1, 0.15) is 17.4 Å². The zero-order valence-corrected chi connectivity index (χ0v) is 14.9. The van der Waals surface area contributed by atoms with E-state index in [1.165, 1.54) is 6.07 Å². The number of carbonyl (C=O) groups is 1. The molecule has 0 saturated heterocycles. The van der Waals surface area contributed by atoms with E-state index in [2.05, 4.69) is 16.8 Å². The van der Waals surface area contributed by atoms with Crippen LogP contribution in [0.15, 0.2) is 59.4 Å². The van der Waals surface area contributed by atoms with Gasteiger partial charge in [-0.05, 0) is 30.2 Å². The van der Waals surface area contributed by atoms with E-state index in [4.69, 9.17) is 0 Å². The van der Waals surface area contributed by atoms with Gasteiger partial charge in [0, 0.05) is 37.1 Å². The molecule has 1 atom stereocenters. The zero-order valence-electron chi connectivity index (χ0n) is 14.9. The van der Waals surface area contributed by atoms with E-state index in [0.717, 1.165) is 17.9 Å². The lowest BCUT2D eigenvalue weighted by Crippen LogP contribution is -2.35. The quantitative estimate of drug-likeness (QED) is 0.735. The van der Waals surface area contributed by atoms with Crippen LogP contribution in [0.2, 0.25) is 0 Å². The molecule has 1 aromatic heterocycles. The summed E-state index contributed by atoms with van der Waals surface area (Å²) >= 11 is 0. The zero-order chi connectivity index (χ0) is 18.3. The predicted octanol–water partition coefficient (Wildman–Crippen LogP) is 3.26. The SMILES string of the molecule is CC1CN(C)c2ccccc2N(C(=O)c2cc(=O)c3ccccc3[nH]2)C1. The Kier molecular flexibility index (Phi) is 3.99. The van der Waals surface area contributed by atoms with E-state index in [1.54, 1.807) is 11.0 Å². The van der Waals surface area contributed by atoms with Gasteiger partial charge in [-0.3, -0.25) is 9.59 Å². The van der Waals surface area contributed by atoms with E-state index in [1.807, 2.05) is 49.5 Å². The van der Waals surface area contributed by atoms with Gasteiger partial charge in [-0.15, -0.1) is 0 Å². The van der Waals surface area contributed by atoms with Crippen molar-refractivity contribution < 1.29 is 4.79 Å². The standard InChI is InChI=1S/C21H21N3O2/c1-14-12-23(2)18-9-5-6-10-19(18)24(13-14)21(26)17-11-20(25)15-7-3-4-8-16(15)22-17/h3-11,14H,12-13H2,1-2H3,(H,22,25). The number of pyridine rings is 1. The third-order valence-corrected chi connectivity index (χ3v) is 4.88. The maximum absolute atomic E-state index is 13.3. The molecule has 1 N–H and O–H groups in total. The van der Waals surface area contributed by atoms with Gasteiger partial charge in [0.15, 0.2) is 5.43 Å². The molecule has 2 aromatic carbocycles. The van der Waals surface area contributed by atoms with Crippen LogP contribution in [0.3, 0.4) is 0 Å². The Morgan fingerprint density at radius 2 is 1.73 bits per heavy atom. The fourth-order valence-corrected chi connectivity index (χ4v) is 3.70. The van der Waals surface area contributed by atoms with E-state index < -0.39 is 0 Å². The second-order valence-corrected chi connectivity index (χ2v) is 6.98. The highest BCUT2D eigenvalue weighted by Gasteiger charge is 2.28. The van der Waals surface area contributed by atoms with Crippen LogP contribution >= 0.6 is 0 Å². The van der Waals surface area contributed by atoms with Crippen molar-refractivity contribution in [1.29, 1.82) is 0 Å². The predicted molar refractivity (Wildman–Crippen MR) is 105 cm³/mol. The highest BCUT2D eigenvalue weighted by molar-refractivity contribution is 6.07. The van der Waals surface area contributed by atoms with Gasteiger partial charge in [0.2, 0.25) is 0 Å². The molecule has 0 saturated carbocycles. The van der Waals surface area contributed by atoms with Crippen LogP contribution in [0, 0.1) is 5.92 Å². The van der Waals surface area contributed by atoms with Crippen molar-refractivity contribution in [2.75, 3.05) is 29.9 Å². The first-order chi connectivity index (χ1) is 12.5. The monoisotopic (exact) mass is 347 g/mol. The molecule has 132 valence electrons. The Morgan fingerprint density at radius 3 is 2.54 bits per heavy atom. The second kappa shape index (κ2) is 6.33. The molecule has 1 aliphatic heterocycles. The van der Waals surface area contributed by atoms with E-state index in [0.29, 0.717) is 29.1 Å². The van der Waals surface area contributed by atoms with E-state index >= 15 is 0 Å². The topological polar surface area (TPSA) is 56.4 Å². The van der Waals surface area contributed by atoms with Gasteiger partial charge in [0.1, 0.15) is 5.69 Å². The molecule has 26 heavy (non-hydrogen) atoms. The normalized spacial score (nSPS) is 17.1.